The molecule has 2 aromatic rings. The Labute approximate surface area is 204 Å². The number of amides is 2. The molecule has 0 bridgehead atoms. The van der Waals surface area contributed by atoms with Crippen LogP contribution >= 0.6 is 23.2 Å². The molecule has 7 nitrogen and oxygen atoms in total. The molecule has 1 aromatic heterocycles. The summed E-state index contributed by atoms with van der Waals surface area (Å²) in [5.41, 5.74) is 14.3. The standard InChI is InChI=1S/C24H31Cl2N5O2/c1-14-17(8-10-21(27)30-14)13-29-23(32)20(12-15-7-9-18(25)19(26)11-15)31-24(33)22(28)16-5-3-2-4-6-16/h7-11,16,20,22H,2-6,12-13,28H2,1H3,(H2,27,30)(H,29,32)(H,31,33). The molecule has 2 atom stereocenters. The highest BCUT2D eigenvalue weighted by Gasteiger charge is 2.29. The molecule has 0 aliphatic heterocycles. The van der Waals surface area contributed by atoms with Crippen LogP contribution in [-0.4, -0.2) is 28.9 Å². The number of nitrogens with zero attached hydrogens (tertiary/aromatic N) is 1. The normalized spacial score (nSPS) is 16.1. The number of aromatic nitrogens is 1. The van der Waals surface area contributed by atoms with Crippen LogP contribution in [0.25, 0.3) is 0 Å². The van der Waals surface area contributed by atoms with Crippen molar-refractivity contribution >= 4 is 40.8 Å². The molecule has 178 valence electrons. The number of aryl methyl sites for hydroxylation is 1. The van der Waals surface area contributed by atoms with Gasteiger partial charge >= 0.3 is 0 Å². The van der Waals surface area contributed by atoms with Gasteiger partial charge in [-0.25, -0.2) is 4.98 Å². The van der Waals surface area contributed by atoms with Crippen LogP contribution in [0.3, 0.4) is 0 Å². The summed E-state index contributed by atoms with van der Waals surface area (Å²) in [6.45, 7) is 2.09. The minimum Gasteiger partial charge on any atom is -0.384 e. The Morgan fingerprint density at radius 3 is 2.48 bits per heavy atom. The fourth-order valence-electron chi connectivity index (χ4n) is 4.19. The summed E-state index contributed by atoms with van der Waals surface area (Å²) < 4.78 is 0. The summed E-state index contributed by atoms with van der Waals surface area (Å²) in [4.78, 5) is 30.3. The van der Waals surface area contributed by atoms with E-state index in [1.165, 1.54) is 6.42 Å². The first kappa shape index (κ1) is 25.3. The molecule has 2 unspecified atom stereocenters. The maximum absolute atomic E-state index is 13.1. The molecule has 1 saturated carbocycles. The second-order valence-electron chi connectivity index (χ2n) is 8.64. The first-order valence-corrected chi connectivity index (χ1v) is 12.0. The third-order valence-electron chi connectivity index (χ3n) is 6.19. The van der Waals surface area contributed by atoms with Gasteiger partial charge < -0.3 is 22.1 Å². The zero-order chi connectivity index (χ0) is 24.0. The number of nitrogens with two attached hydrogens (primary N) is 2. The van der Waals surface area contributed by atoms with Crippen molar-refractivity contribution in [3.8, 4) is 0 Å². The van der Waals surface area contributed by atoms with E-state index in [9.17, 15) is 9.59 Å². The Morgan fingerprint density at radius 1 is 1.09 bits per heavy atom. The maximum Gasteiger partial charge on any atom is 0.243 e. The minimum atomic E-state index is -0.813. The van der Waals surface area contributed by atoms with Gasteiger partial charge in [-0.1, -0.05) is 54.6 Å². The Balaban J connectivity index is 1.72. The first-order valence-electron chi connectivity index (χ1n) is 11.2. The van der Waals surface area contributed by atoms with E-state index in [1.54, 1.807) is 24.3 Å². The van der Waals surface area contributed by atoms with Crippen LogP contribution in [0.1, 0.15) is 48.9 Å². The van der Waals surface area contributed by atoms with Crippen LogP contribution in [0.15, 0.2) is 30.3 Å². The molecule has 1 aliphatic rings. The highest BCUT2D eigenvalue weighted by atomic mass is 35.5. The third kappa shape index (κ3) is 7.06. The highest BCUT2D eigenvalue weighted by Crippen LogP contribution is 2.26. The summed E-state index contributed by atoms with van der Waals surface area (Å²) in [6.07, 6.45) is 5.45. The Morgan fingerprint density at radius 2 is 1.82 bits per heavy atom. The lowest BCUT2D eigenvalue weighted by atomic mass is 9.84. The van der Waals surface area contributed by atoms with Gasteiger partial charge in [0.2, 0.25) is 11.8 Å². The van der Waals surface area contributed by atoms with Gasteiger partial charge in [-0.2, -0.15) is 0 Å². The number of rotatable bonds is 8. The van der Waals surface area contributed by atoms with Gasteiger partial charge in [0.1, 0.15) is 11.9 Å². The highest BCUT2D eigenvalue weighted by molar-refractivity contribution is 6.42. The molecule has 1 aliphatic carbocycles. The molecule has 9 heteroatoms. The van der Waals surface area contributed by atoms with Crippen LogP contribution in [0.5, 0.6) is 0 Å². The molecular weight excluding hydrogens is 461 g/mol. The Kier molecular flexibility index (Phi) is 8.95. The molecule has 0 radical (unpaired) electrons. The van der Waals surface area contributed by atoms with Gasteiger partial charge in [0.05, 0.1) is 16.1 Å². The number of nitrogen functional groups attached to an aromatic ring is 1. The second kappa shape index (κ2) is 11.7. The zero-order valence-corrected chi connectivity index (χ0v) is 20.3. The summed E-state index contributed by atoms with van der Waals surface area (Å²) in [6, 6.07) is 7.22. The topological polar surface area (TPSA) is 123 Å². The van der Waals surface area contributed by atoms with Gasteiger partial charge in [-0.3, -0.25) is 9.59 Å². The molecule has 6 N–H and O–H groups in total. The van der Waals surface area contributed by atoms with Crippen molar-refractivity contribution in [2.24, 2.45) is 11.7 Å². The first-order chi connectivity index (χ1) is 15.7. The van der Waals surface area contributed by atoms with E-state index in [1.807, 2.05) is 13.0 Å². The molecule has 2 amide bonds. The fraction of sp³-hybridized carbons (Fsp3) is 0.458. The number of carbonyl (C=O) groups is 2. The predicted molar refractivity (Wildman–Crippen MR) is 132 cm³/mol. The van der Waals surface area contributed by atoms with Crippen LogP contribution in [0.4, 0.5) is 5.82 Å². The van der Waals surface area contributed by atoms with Crippen molar-refractivity contribution < 1.29 is 9.59 Å². The smallest absolute Gasteiger partial charge is 0.243 e. The molecule has 3 rings (SSSR count). The van der Waals surface area contributed by atoms with Gasteiger partial charge in [0.15, 0.2) is 0 Å². The van der Waals surface area contributed by atoms with Gasteiger partial charge in [-0.15, -0.1) is 0 Å². The van der Waals surface area contributed by atoms with E-state index in [-0.39, 0.29) is 30.7 Å². The Hall–Kier alpha value is -2.35. The third-order valence-corrected chi connectivity index (χ3v) is 6.93. The quantitative estimate of drug-likeness (QED) is 0.449. The molecule has 1 heterocycles. The van der Waals surface area contributed by atoms with Crippen LogP contribution in [0.2, 0.25) is 10.0 Å². The maximum atomic E-state index is 13.1. The van der Waals surface area contributed by atoms with E-state index in [0.717, 1.165) is 42.5 Å². The molecule has 33 heavy (non-hydrogen) atoms. The van der Waals surface area contributed by atoms with Crippen molar-refractivity contribution in [1.29, 1.82) is 0 Å². The summed E-state index contributed by atoms with van der Waals surface area (Å²) in [7, 11) is 0. The number of pyridine rings is 1. The molecule has 1 aromatic carbocycles. The van der Waals surface area contributed by atoms with Crippen molar-refractivity contribution in [3.05, 3.63) is 57.2 Å². The second-order valence-corrected chi connectivity index (χ2v) is 9.45. The average Bonchev–Trinajstić information content (AvgIpc) is 2.80. The van der Waals surface area contributed by atoms with E-state index < -0.39 is 12.1 Å². The molecule has 0 saturated heterocycles. The molecule has 1 fully saturated rings. The van der Waals surface area contributed by atoms with Crippen molar-refractivity contribution in [3.63, 3.8) is 0 Å². The van der Waals surface area contributed by atoms with Crippen molar-refractivity contribution in [2.75, 3.05) is 5.73 Å². The van der Waals surface area contributed by atoms with E-state index in [4.69, 9.17) is 34.7 Å². The summed E-state index contributed by atoms with van der Waals surface area (Å²) in [5.74, 6) is -0.0751. The predicted octanol–water partition coefficient (Wildman–Crippen LogP) is 3.53. The largest absolute Gasteiger partial charge is 0.384 e. The van der Waals surface area contributed by atoms with Crippen LogP contribution in [0, 0.1) is 12.8 Å². The molecular formula is C24H31Cl2N5O2. The van der Waals surface area contributed by atoms with Gasteiger partial charge in [0.25, 0.3) is 0 Å². The number of halogens is 2. The lowest BCUT2D eigenvalue weighted by molar-refractivity contribution is -0.130. The monoisotopic (exact) mass is 491 g/mol. The number of hydrogen-bond donors (Lipinski definition) is 4. The summed E-state index contributed by atoms with van der Waals surface area (Å²) >= 11 is 12.2. The lowest BCUT2D eigenvalue weighted by Crippen LogP contribution is -2.54. The zero-order valence-electron chi connectivity index (χ0n) is 18.7. The van der Waals surface area contributed by atoms with Crippen molar-refractivity contribution in [1.82, 2.24) is 15.6 Å². The van der Waals surface area contributed by atoms with E-state index >= 15 is 0 Å². The lowest BCUT2D eigenvalue weighted by Gasteiger charge is -2.28. The van der Waals surface area contributed by atoms with Gasteiger partial charge in [-0.05, 0) is 55.0 Å². The van der Waals surface area contributed by atoms with Crippen LogP contribution < -0.4 is 22.1 Å². The average molecular weight is 492 g/mol. The van der Waals surface area contributed by atoms with Gasteiger partial charge in [0, 0.05) is 18.7 Å². The van der Waals surface area contributed by atoms with E-state index in [2.05, 4.69) is 15.6 Å². The number of anilines is 1. The Bertz CT molecular complexity index is 995. The number of carbonyl (C=O) groups excluding carboxylic acids is 2. The fourth-order valence-corrected chi connectivity index (χ4v) is 4.51. The minimum absolute atomic E-state index is 0.135. The molecule has 0 spiro atoms. The van der Waals surface area contributed by atoms with Crippen molar-refractivity contribution in [2.45, 2.75) is 64.1 Å². The summed E-state index contributed by atoms with van der Waals surface area (Å²) in [5, 5.41) is 6.58. The SMILES string of the molecule is Cc1nc(N)ccc1CNC(=O)C(Cc1ccc(Cl)c(Cl)c1)NC(=O)C(N)C1CCCCC1. The number of nitrogens with one attached hydrogen (secondary N) is 2. The number of hydrogen-bond acceptors (Lipinski definition) is 5. The number of benzene rings is 1. The van der Waals surface area contributed by atoms with E-state index in [0.29, 0.717) is 15.9 Å². The van der Waals surface area contributed by atoms with Crippen LogP contribution in [-0.2, 0) is 22.6 Å².